The van der Waals surface area contributed by atoms with Crippen LogP contribution in [-0.2, 0) is 69.2 Å². The van der Waals surface area contributed by atoms with Crippen molar-refractivity contribution in [2.45, 2.75) is 101 Å². The largest absolute Gasteiger partial charge is 0.350 e. The maximum atomic E-state index is 14.1. The average Bonchev–Trinajstić information content (AvgIpc) is 2.38. The number of halogens is 1. The van der Waals surface area contributed by atoms with Gasteiger partial charge < -0.3 is 62.8 Å². The summed E-state index contributed by atoms with van der Waals surface area (Å²) in [5.41, 5.74) is 27.4. The third-order valence-electron chi connectivity index (χ3n) is 16.3. The van der Waals surface area contributed by atoms with Crippen LogP contribution in [0.5, 0.6) is 0 Å². The van der Waals surface area contributed by atoms with Crippen LogP contribution in [0.3, 0.4) is 0 Å². The number of fused-ring (bicyclic) bond motifs is 3. The third kappa shape index (κ3) is 17.2. The molecule has 0 aliphatic carbocycles. The highest BCUT2D eigenvalue weighted by atomic mass is 35.5. The zero-order chi connectivity index (χ0) is 62.1. The molecule has 0 saturated carbocycles. The van der Waals surface area contributed by atoms with Gasteiger partial charge in [-0.2, -0.15) is 0 Å². The Hall–Kier alpha value is -9.07. The van der Waals surface area contributed by atoms with Gasteiger partial charge in [0.05, 0.1) is 19.3 Å². The van der Waals surface area contributed by atoms with Crippen molar-refractivity contribution < 1.29 is 28.8 Å². The number of nitrogens with two attached hydrogens (primary N) is 3. The van der Waals surface area contributed by atoms with Gasteiger partial charge in [0.25, 0.3) is 0 Å². The van der Waals surface area contributed by atoms with Crippen molar-refractivity contribution in [1.82, 2.24) is 29.7 Å². The van der Waals surface area contributed by atoms with E-state index in [-0.39, 0.29) is 73.0 Å². The summed E-state index contributed by atoms with van der Waals surface area (Å²) in [5.74, 6) is -2.21. The number of para-hydroxylation sites is 3. The molecule has 18 nitrogen and oxygen atoms in total. The molecule has 0 unspecified atom stereocenters. The standard InChI is InChI=1S/C70H82N12O6.ClH/c1-80-43-49(55-16-4-7-22-61(55)80)40-64(83)77-58(19-10-13-37-71)68(86)74-52-31-25-46(26-32-52)67(47-27-33-53(34-28-47)75-69(87)59(20-11-14-38-72)78-65(84)41-50-44-81(2)62-23-8-5-17-56(50)62)48-29-35-54(36-30-48)76-70(88)60(21-12-15-39-73)79-66(85)42-51-45-82(3)63-24-9-6-18-57(51)63;/h4-9,16-18,22-36,43-45,58-60,67H,10-15,19-21,37-42,71-73H2,1-3H3,(H,74,86)(H,75,87)(H,76,88)(H,77,83)(H,78,84)(H,79,85);1H/t58-,59-,60-;/m0./s1. The lowest BCUT2D eigenvalue weighted by Gasteiger charge is -2.22. The number of hydrogen-bond acceptors (Lipinski definition) is 9. The van der Waals surface area contributed by atoms with Crippen LogP contribution in [0.15, 0.2) is 164 Å². The first kappa shape index (κ1) is 65.9. The monoisotopic (exact) mass is 1220 g/mol. The fourth-order valence-electron chi connectivity index (χ4n) is 11.8. The van der Waals surface area contributed by atoms with Crippen molar-refractivity contribution in [1.29, 1.82) is 0 Å². The van der Waals surface area contributed by atoms with Gasteiger partial charge in [0, 0.05) is 95.4 Å². The van der Waals surface area contributed by atoms with Crippen LogP contribution in [0, 0.1) is 0 Å². The van der Waals surface area contributed by atoms with Crippen LogP contribution < -0.4 is 49.1 Å². The van der Waals surface area contributed by atoms with Crippen LogP contribution in [0.1, 0.15) is 97.1 Å². The van der Waals surface area contributed by atoms with Gasteiger partial charge in [-0.15, -0.1) is 12.4 Å². The summed E-state index contributed by atoms with van der Waals surface area (Å²) in [5, 5.41) is 21.1. The third-order valence-corrected chi connectivity index (χ3v) is 16.3. The lowest BCUT2D eigenvalue weighted by Crippen LogP contribution is -2.44. The van der Waals surface area contributed by atoms with E-state index in [2.05, 4.69) is 31.9 Å². The minimum absolute atomic E-state index is 0. The molecule has 89 heavy (non-hydrogen) atoms. The van der Waals surface area contributed by atoms with Gasteiger partial charge in [0.2, 0.25) is 35.4 Å². The number of carbonyl (C=O) groups excluding carboxylic acids is 6. The number of unbranched alkanes of at least 4 members (excludes halogenated alkanes) is 3. The molecule has 3 heterocycles. The van der Waals surface area contributed by atoms with Gasteiger partial charge in [0.15, 0.2) is 0 Å². The van der Waals surface area contributed by atoms with Crippen LogP contribution in [0.25, 0.3) is 32.7 Å². The number of aromatic nitrogens is 3. The van der Waals surface area contributed by atoms with Crippen LogP contribution in [0.2, 0.25) is 0 Å². The molecule has 9 aromatic rings. The highest BCUT2D eigenvalue weighted by Gasteiger charge is 2.26. The summed E-state index contributed by atoms with van der Waals surface area (Å²) >= 11 is 0. The van der Waals surface area contributed by atoms with E-state index in [4.69, 9.17) is 17.2 Å². The number of hydrogen-bond donors (Lipinski definition) is 9. The first-order valence-electron chi connectivity index (χ1n) is 30.5. The Morgan fingerprint density at radius 1 is 0.371 bits per heavy atom. The lowest BCUT2D eigenvalue weighted by atomic mass is 9.85. The van der Waals surface area contributed by atoms with Gasteiger partial charge in [0.1, 0.15) is 18.1 Å². The van der Waals surface area contributed by atoms with Gasteiger partial charge in [-0.05, 0) is 165 Å². The quantitative estimate of drug-likeness (QED) is 0.0153. The molecule has 6 amide bonds. The zero-order valence-corrected chi connectivity index (χ0v) is 51.8. The summed E-state index contributed by atoms with van der Waals surface area (Å²) < 4.78 is 5.97. The number of benzene rings is 6. The van der Waals surface area contributed by atoms with Crippen molar-refractivity contribution in [3.05, 3.63) is 198 Å². The minimum Gasteiger partial charge on any atom is -0.350 e. The molecule has 19 heteroatoms. The van der Waals surface area contributed by atoms with Crippen LogP contribution in [-0.4, -0.2) is 86.9 Å². The Bertz CT molecular complexity index is 3480. The topological polar surface area (TPSA) is 267 Å². The molecule has 0 fully saturated rings. The number of amides is 6. The second-order valence-corrected chi connectivity index (χ2v) is 22.9. The lowest BCUT2D eigenvalue weighted by molar-refractivity contribution is -0.126. The van der Waals surface area contributed by atoms with Crippen molar-refractivity contribution in [3.63, 3.8) is 0 Å². The smallest absolute Gasteiger partial charge is 0.246 e. The van der Waals surface area contributed by atoms with E-state index in [1.165, 1.54) is 0 Å². The maximum absolute atomic E-state index is 14.1. The Kier molecular flexibility index (Phi) is 23.5. The van der Waals surface area contributed by atoms with Crippen molar-refractivity contribution >= 4 is 97.6 Å². The van der Waals surface area contributed by atoms with Gasteiger partial charge >= 0.3 is 0 Å². The summed E-state index contributed by atoms with van der Waals surface area (Å²) in [4.78, 5) is 83.0. The Morgan fingerprint density at radius 3 is 0.888 bits per heavy atom. The Balaban J connectivity index is 0.0000102. The predicted octanol–water partition coefficient (Wildman–Crippen LogP) is 9.15. The van der Waals surface area contributed by atoms with E-state index in [0.717, 1.165) is 66.1 Å². The summed E-state index contributed by atoms with van der Waals surface area (Å²) in [6.45, 7) is 1.38. The van der Waals surface area contributed by atoms with E-state index in [9.17, 15) is 28.8 Å². The average molecular weight is 1220 g/mol. The van der Waals surface area contributed by atoms with Gasteiger partial charge in [-0.1, -0.05) is 91.0 Å². The number of nitrogens with one attached hydrogen (secondary N) is 6. The molecule has 9 rings (SSSR count). The molecule has 12 N–H and O–H groups in total. The van der Waals surface area contributed by atoms with E-state index in [0.29, 0.717) is 94.5 Å². The Labute approximate surface area is 526 Å². The highest BCUT2D eigenvalue weighted by molar-refractivity contribution is 6.00. The summed E-state index contributed by atoms with van der Waals surface area (Å²) in [6.07, 6.45) is 11.4. The molecule has 3 aromatic heterocycles. The molecule has 0 aliphatic heterocycles. The predicted molar refractivity (Wildman–Crippen MR) is 358 cm³/mol. The molecule has 6 aromatic carbocycles. The molecular formula is C70H83ClN12O6. The van der Waals surface area contributed by atoms with E-state index in [1.54, 1.807) is 0 Å². The first-order valence-corrected chi connectivity index (χ1v) is 30.5. The number of anilines is 3. The van der Waals surface area contributed by atoms with Crippen molar-refractivity contribution in [2.24, 2.45) is 38.3 Å². The normalized spacial score (nSPS) is 12.3. The molecule has 0 aliphatic rings. The molecule has 0 spiro atoms. The molecule has 0 saturated heterocycles. The van der Waals surface area contributed by atoms with E-state index in [1.807, 2.05) is 199 Å². The van der Waals surface area contributed by atoms with Crippen LogP contribution in [0.4, 0.5) is 17.1 Å². The molecule has 466 valence electrons. The molecular weight excluding hydrogens is 1140 g/mol. The van der Waals surface area contributed by atoms with Gasteiger partial charge in [-0.3, -0.25) is 28.8 Å². The van der Waals surface area contributed by atoms with E-state index >= 15 is 0 Å². The van der Waals surface area contributed by atoms with Crippen LogP contribution >= 0.6 is 12.4 Å². The molecule has 3 atom stereocenters. The van der Waals surface area contributed by atoms with E-state index < -0.39 is 18.1 Å². The number of aryl methyl sites for hydroxylation is 3. The number of carbonyl (C=O) groups is 6. The zero-order valence-electron chi connectivity index (χ0n) is 50.9. The molecule has 0 bridgehead atoms. The minimum atomic E-state index is -0.806. The highest BCUT2D eigenvalue weighted by Crippen LogP contribution is 2.35. The summed E-state index contributed by atoms with van der Waals surface area (Å²) in [7, 11) is 5.83. The SMILES string of the molecule is Cl.Cn1cc(CC(=O)N[C@@H](CCCCN)C(=O)Nc2ccc(C(c3ccc(NC(=O)[C@H](CCCCN)NC(=O)Cc4cn(C)c5ccccc45)cc3)c3ccc(NC(=O)[C@H](CCCCN)NC(=O)Cc4cn(C)c5ccccc45)cc3)cc2)c2ccccc21. The number of rotatable bonds is 30. The maximum Gasteiger partial charge on any atom is 0.246 e. The van der Waals surface area contributed by atoms with Crippen molar-refractivity contribution in [2.75, 3.05) is 35.6 Å². The molecule has 0 radical (unpaired) electrons. The Morgan fingerprint density at radius 2 is 0.629 bits per heavy atom. The fourth-order valence-corrected chi connectivity index (χ4v) is 11.8. The second kappa shape index (κ2) is 31.7. The van der Waals surface area contributed by atoms with Gasteiger partial charge in [-0.25, -0.2) is 0 Å². The van der Waals surface area contributed by atoms with Crippen molar-refractivity contribution in [3.8, 4) is 0 Å². The number of nitrogens with zero attached hydrogens (tertiary/aromatic N) is 3. The summed E-state index contributed by atoms with van der Waals surface area (Å²) in [6, 6.07) is 43.9. The second-order valence-electron chi connectivity index (χ2n) is 22.9. The first-order chi connectivity index (χ1) is 42.7. The fraction of sp³-hybridized carbons (Fsp3) is 0.314.